The molecule has 0 aliphatic carbocycles. The van der Waals surface area contributed by atoms with Crippen LogP contribution in [0.15, 0.2) is 53.9 Å². The molecule has 0 atom stereocenters. The normalized spacial score (nSPS) is 11.4. The molecule has 2 heterocycles. The molecule has 27 heavy (non-hydrogen) atoms. The Balaban J connectivity index is 1.63. The average molecular weight is 389 g/mol. The van der Waals surface area contributed by atoms with Crippen LogP contribution in [0.5, 0.6) is 0 Å². The maximum atomic E-state index is 12.4. The number of hydrogen-bond donors (Lipinski definition) is 2. The Bertz CT molecular complexity index is 1010. The number of para-hydroxylation sites is 1. The van der Waals surface area contributed by atoms with Crippen LogP contribution in [0.4, 0.5) is 0 Å². The molecule has 10 heteroatoms. The van der Waals surface area contributed by atoms with Crippen molar-refractivity contribution in [3.63, 3.8) is 0 Å². The largest absolute Gasteiger partial charge is 0.462 e. The van der Waals surface area contributed by atoms with Crippen LogP contribution in [0.25, 0.3) is 5.69 Å². The maximum Gasteiger partial charge on any atom is 0.342 e. The van der Waals surface area contributed by atoms with E-state index in [4.69, 9.17) is 4.74 Å². The zero-order valence-corrected chi connectivity index (χ0v) is 15.4. The van der Waals surface area contributed by atoms with Crippen LogP contribution >= 0.6 is 0 Å². The third-order valence-corrected chi connectivity index (χ3v) is 5.16. The average Bonchev–Trinajstić information content (AvgIpc) is 3.33. The second-order valence-electron chi connectivity index (χ2n) is 5.61. The molecule has 1 aromatic carbocycles. The van der Waals surface area contributed by atoms with Gasteiger partial charge in [-0.3, -0.25) is 5.10 Å². The fraction of sp³-hybridized carbons (Fsp3) is 0.235. The van der Waals surface area contributed by atoms with Crippen LogP contribution in [0.2, 0.25) is 0 Å². The van der Waals surface area contributed by atoms with Gasteiger partial charge in [0.25, 0.3) is 10.0 Å². The number of hydrogen-bond acceptors (Lipinski definition) is 6. The van der Waals surface area contributed by atoms with Crippen LogP contribution in [-0.2, 0) is 21.2 Å². The van der Waals surface area contributed by atoms with E-state index < -0.39 is 16.0 Å². The second-order valence-corrected chi connectivity index (χ2v) is 7.31. The van der Waals surface area contributed by atoms with Crippen molar-refractivity contribution in [1.29, 1.82) is 0 Å². The summed E-state index contributed by atoms with van der Waals surface area (Å²) in [5.74, 6) is -0.740. The van der Waals surface area contributed by atoms with Crippen molar-refractivity contribution >= 4 is 16.0 Å². The molecule has 0 aliphatic rings. The molecule has 0 aliphatic heterocycles. The summed E-state index contributed by atoms with van der Waals surface area (Å²) in [7, 11) is -3.92. The molecule has 0 saturated carbocycles. The first kappa shape index (κ1) is 18.8. The quantitative estimate of drug-likeness (QED) is 0.561. The van der Waals surface area contributed by atoms with Crippen molar-refractivity contribution < 1.29 is 17.9 Å². The van der Waals surface area contributed by atoms with E-state index in [0.29, 0.717) is 6.42 Å². The van der Waals surface area contributed by atoms with Gasteiger partial charge in [0.1, 0.15) is 5.56 Å². The summed E-state index contributed by atoms with van der Waals surface area (Å²) in [6, 6.07) is 9.60. The lowest BCUT2D eigenvalue weighted by molar-refractivity contribution is 0.0522. The Morgan fingerprint density at radius 1 is 1.26 bits per heavy atom. The molecule has 142 valence electrons. The van der Waals surface area contributed by atoms with E-state index in [1.165, 1.54) is 0 Å². The minimum atomic E-state index is -3.92. The molecule has 0 unspecified atom stereocenters. The van der Waals surface area contributed by atoms with Gasteiger partial charge in [0.15, 0.2) is 5.03 Å². The molecule has 3 rings (SSSR count). The molecule has 0 bridgehead atoms. The number of carbonyl (C=O) groups is 1. The number of nitrogens with one attached hydrogen (secondary N) is 2. The number of benzene rings is 1. The van der Waals surface area contributed by atoms with E-state index in [9.17, 15) is 13.2 Å². The highest BCUT2D eigenvalue weighted by atomic mass is 32.2. The van der Waals surface area contributed by atoms with Gasteiger partial charge in [0, 0.05) is 12.7 Å². The third-order valence-electron chi connectivity index (χ3n) is 3.73. The Hall–Kier alpha value is -2.98. The van der Waals surface area contributed by atoms with E-state index in [0.717, 1.165) is 17.4 Å². The van der Waals surface area contributed by atoms with Crippen molar-refractivity contribution in [2.45, 2.75) is 18.4 Å². The fourth-order valence-corrected chi connectivity index (χ4v) is 3.56. The molecule has 0 saturated heterocycles. The van der Waals surface area contributed by atoms with E-state index >= 15 is 0 Å². The molecule has 0 spiro atoms. The van der Waals surface area contributed by atoms with Gasteiger partial charge in [-0.25, -0.2) is 22.6 Å². The standard InChI is InChI=1S/C17H19N5O4S/c1-2-26-17(23)15-11-18-21-16(15)27(24,25)20-9-8-13-10-19-22(12-13)14-6-4-3-5-7-14/h3-7,10-12,20H,2,8-9H2,1H3,(H,18,21). The van der Waals surface area contributed by atoms with Crippen LogP contribution in [0.3, 0.4) is 0 Å². The Labute approximate surface area is 156 Å². The van der Waals surface area contributed by atoms with Gasteiger partial charge in [0.2, 0.25) is 0 Å². The minimum absolute atomic E-state index is 0.124. The molecule has 0 fully saturated rings. The number of esters is 1. The Kier molecular flexibility index (Phi) is 5.67. The first-order chi connectivity index (χ1) is 13.0. The van der Waals surface area contributed by atoms with Gasteiger partial charge in [-0.1, -0.05) is 18.2 Å². The number of aromatic amines is 1. The first-order valence-corrected chi connectivity index (χ1v) is 9.78. The topological polar surface area (TPSA) is 119 Å². The van der Waals surface area contributed by atoms with Crippen molar-refractivity contribution in [2.75, 3.05) is 13.2 Å². The summed E-state index contributed by atoms with van der Waals surface area (Å²) in [4.78, 5) is 11.8. The number of nitrogens with zero attached hydrogens (tertiary/aromatic N) is 3. The molecule has 9 nitrogen and oxygen atoms in total. The lowest BCUT2D eigenvalue weighted by Gasteiger charge is -2.06. The predicted molar refractivity (Wildman–Crippen MR) is 97.0 cm³/mol. The molecule has 2 N–H and O–H groups in total. The first-order valence-electron chi connectivity index (χ1n) is 8.30. The van der Waals surface area contributed by atoms with Crippen LogP contribution in [0.1, 0.15) is 22.8 Å². The number of H-pyrrole nitrogens is 1. The summed E-state index contributed by atoms with van der Waals surface area (Å²) in [5, 5.41) is 9.95. The number of ether oxygens (including phenoxy) is 1. The third kappa shape index (κ3) is 4.41. The van der Waals surface area contributed by atoms with Crippen molar-refractivity contribution in [3.8, 4) is 5.69 Å². The lowest BCUT2D eigenvalue weighted by atomic mass is 10.2. The number of rotatable bonds is 8. The van der Waals surface area contributed by atoms with E-state index in [1.54, 1.807) is 17.8 Å². The van der Waals surface area contributed by atoms with Gasteiger partial charge in [-0.05, 0) is 31.0 Å². The van der Waals surface area contributed by atoms with Crippen molar-refractivity contribution in [1.82, 2.24) is 24.7 Å². The van der Waals surface area contributed by atoms with E-state index in [-0.39, 0.29) is 23.7 Å². The van der Waals surface area contributed by atoms with Gasteiger partial charge in [0.05, 0.1) is 24.7 Å². The van der Waals surface area contributed by atoms with Gasteiger partial charge < -0.3 is 4.74 Å². The molecule has 2 aromatic heterocycles. The van der Waals surface area contributed by atoms with Crippen molar-refractivity contribution in [2.24, 2.45) is 0 Å². The molecule has 0 amide bonds. The minimum Gasteiger partial charge on any atom is -0.462 e. The SMILES string of the molecule is CCOC(=O)c1cn[nH]c1S(=O)(=O)NCCc1cnn(-c2ccccc2)c1. The maximum absolute atomic E-state index is 12.4. The van der Waals surface area contributed by atoms with Crippen LogP contribution < -0.4 is 4.72 Å². The zero-order chi connectivity index (χ0) is 19.3. The highest BCUT2D eigenvalue weighted by Crippen LogP contribution is 2.13. The molecule has 0 radical (unpaired) electrons. The summed E-state index contributed by atoms with van der Waals surface area (Å²) in [5.41, 5.74) is 1.67. The highest BCUT2D eigenvalue weighted by molar-refractivity contribution is 7.89. The highest BCUT2D eigenvalue weighted by Gasteiger charge is 2.25. The van der Waals surface area contributed by atoms with Gasteiger partial charge >= 0.3 is 5.97 Å². The lowest BCUT2D eigenvalue weighted by Crippen LogP contribution is -2.27. The van der Waals surface area contributed by atoms with E-state index in [2.05, 4.69) is 20.0 Å². The monoisotopic (exact) mass is 389 g/mol. The number of sulfonamides is 1. The predicted octanol–water partition coefficient (Wildman–Crippen LogP) is 1.29. The molecular weight excluding hydrogens is 370 g/mol. The number of aromatic nitrogens is 4. The summed E-state index contributed by atoms with van der Waals surface area (Å²) in [6.45, 7) is 1.92. The number of carbonyl (C=O) groups excluding carboxylic acids is 1. The van der Waals surface area contributed by atoms with Crippen LogP contribution in [-0.4, -0.2) is 47.5 Å². The van der Waals surface area contributed by atoms with E-state index in [1.807, 2.05) is 36.5 Å². The Morgan fingerprint density at radius 3 is 2.78 bits per heavy atom. The smallest absolute Gasteiger partial charge is 0.342 e. The fourth-order valence-electron chi connectivity index (χ4n) is 2.45. The van der Waals surface area contributed by atoms with Gasteiger partial charge in [-0.15, -0.1) is 0 Å². The van der Waals surface area contributed by atoms with Gasteiger partial charge in [-0.2, -0.15) is 10.2 Å². The molecular formula is C17H19N5O4S. The summed E-state index contributed by atoms with van der Waals surface area (Å²) < 4.78 is 33.9. The summed E-state index contributed by atoms with van der Waals surface area (Å²) in [6.07, 6.45) is 5.09. The van der Waals surface area contributed by atoms with Crippen LogP contribution in [0, 0.1) is 0 Å². The molecule has 3 aromatic rings. The van der Waals surface area contributed by atoms with Crippen molar-refractivity contribution in [3.05, 3.63) is 60.0 Å². The second kappa shape index (κ2) is 8.14. The summed E-state index contributed by atoms with van der Waals surface area (Å²) >= 11 is 0. The zero-order valence-electron chi connectivity index (χ0n) is 14.6. The Morgan fingerprint density at radius 2 is 2.04 bits per heavy atom.